The SMILES string of the molecule is O=C(COc1ccc(S(=O)(=O)N2CCCc3ccccc32)cc1Cl)N1CCN(Cc2ccccc2)CC1. The van der Waals surface area contributed by atoms with Crippen molar-refractivity contribution in [3.05, 3.63) is 88.9 Å². The summed E-state index contributed by atoms with van der Waals surface area (Å²) in [4.78, 5) is 17.0. The summed E-state index contributed by atoms with van der Waals surface area (Å²) in [6, 6.07) is 22.3. The van der Waals surface area contributed by atoms with Gasteiger partial charge in [0, 0.05) is 39.3 Å². The summed E-state index contributed by atoms with van der Waals surface area (Å²) in [5, 5.41) is 0.159. The van der Waals surface area contributed by atoms with Crippen LogP contribution in [0.3, 0.4) is 0 Å². The van der Waals surface area contributed by atoms with Crippen molar-refractivity contribution in [2.75, 3.05) is 43.6 Å². The molecule has 0 saturated carbocycles. The molecule has 1 amide bonds. The van der Waals surface area contributed by atoms with Crippen molar-refractivity contribution in [2.24, 2.45) is 0 Å². The maximum atomic E-state index is 13.4. The normalized spacial score (nSPS) is 16.4. The molecule has 9 heteroatoms. The molecule has 1 saturated heterocycles. The first kappa shape index (κ1) is 25.6. The molecule has 0 aliphatic carbocycles. The van der Waals surface area contributed by atoms with Crippen LogP contribution >= 0.6 is 11.6 Å². The Kier molecular flexibility index (Phi) is 7.69. The number of amides is 1. The van der Waals surface area contributed by atoms with Gasteiger partial charge < -0.3 is 9.64 Å². The van der Waals surface area contributed by atoms with E-state index in [1.165, 1.54) is 28.1 Å². The Balaban J connectivity index is 1.17. The van der Waals surface area contributed by atoms with E-state index in [-0.39, 0.29) is 28.2 Å². The van der Waals surface area contributed by atoms with Gasteiger partial charge in [-0.1, -0.05) is 60.1 Å². The molecule has 2 aliphatic heterocycles. The van der Waals surface area contributed by atoms with Gasteiger partial charge in [-0.2, -0.15) is 0 Å². The minimum Gasteiger partial charge on any atom is -0.482 e. The molecule has 194 valence electrons. The predicted octanol–water partition coefficient (Wildman–Crippen LogP) is 4.20. The lowest BCUT2D eigenvalue weighted by molar-refractivity contribution is -0.135. The summed E-state index contributed by atoms with van der Waals surface area (Å²) >= 11 is 6.40. The number of hydrogen-bond acceptors (Lipinski definition) is 5. The van der Waals surface area contributed by atoms with Gasteiger partial charge in [-0.25, -0.2) is 8.42 Å². The highest BCUT2D eigenvalue weighted by atomic mass is 35.5. The third-order valence-corrected chi connectivity index (χ3v) is 8.99. The fourth-order valence-electron chi connectivity index (χ4n) is 4.86. The highest BCUT2D eigenvalue weighted by Gasteiger charge is 2.29. The van der Waals surface area contributed by atoms with Gasteiger partial charge in [0.15, 0.2) is 6.61 Å². The van der Waals surface area contributed by atoms with E-state index >= 15 is 0 Å². The van der Waals surface area contributed by atoms with E-state index in [4.69, 9.17) is 16.3 Å². The number of fused-ring (bicyclic) bond motifs is 1. The molecule has 0 N–H and O–H groups in total. The Morgan fingerprint density at radius 1 is 0.892 bits per heavy atom. The van der Waals surface area contributed by atoms with Crippen LogP contribution in [-0.4, -0.2) is 63.5 Å². The van der Waals surface area contributed by atoms with Crippen molar-refractivity contribution in [3.63, 3.8) is 0 Å². The molecule has 2 aliphatic rings. The van der Waals surface area contributed by atoms with Gasteiger partial charge in [-0.05, 0) is 48.2 Å². The number of benzene rings is 3. The molecular formula is C28H30ClN3O4S. The fourth-order valence-corrected chi connectivity index (χ4v) is 6.73. The van der Waals surface area contributed by atoms with Crippen molar-refractivity contribution >= 4 is 33.2 Å². The second kappa shape index (κ2) is 11.1. The smallest absolute Gasteiger partial charge is 0.264 e. The second-order valence-electron chi connectivity index (χ2n) is 9.33. The predicted molar refractivity (Wildman–Crippen MR) is 145 cm³/mol. The van der Waals surface area contributed by atoms with Gasteiger partial charge in [0.05, 0.1) is 15.6 Å². The Hall–Kier alpha value is -3.07. The van der Waals surface area contributed by atoms with Gasteiger partial charge >= 0.3 is 0 Å². The molecule has 0 unspecified atom stereocenters. The van der Waals surface area contributed by atoms with Crippen molar-refractivity contribution < 1.29 is 17.9 Å². The zero-order valence-electron chi connectivity index (χ0n) is 20.6. The number of nitrogens with zero attached hydrogens (tertiary/aromatic N) is 3. The summed E-state index contributed by atoms with van der Waals surface area (Å²) in [7, 11) is -3.78. The lowest BCUT2D eigenvalue weighted by atomic mass is 10.0. The van der Waals surface area contributed by atoms with Crippen LogP contribution in [0.15, 0.2) is 77.7 Å². The van der Waals surface area contributed by atoms with Gasteiger partial charge in [0.1, 0.15) is 5.75 Å². The Bertz CT molecular complexity index is 1360. The van der Waals surface area contributed by atoms with Gasteiger partial charge in [-0.15, -0.1) is 0 Å². The Labute approximate surface area is 223 Å². The van der Waals surface area contributed by atoms with Crippen LogP contribution < -0.4 is 9.04 Å². The first-order valence-corrected chi connectivity index (χ1v) is 14.3. The molecule has 0 spiro atoms. The molecule has 37 heavy (non-hydrogen) atoms. The molecule has 0 bridgehead atoms. The van der Waals surface area contributed by atoms with E-state index in [2.05, 4.69) is 17.0 Å². The number of anilines is 1. The summed E-state index contributed by atoms with van der Waals surface area (Å²) in [6.07, 6.45) is 1.61. The van der Waals surface area contributed by atoms with E-state index in [9.17, 15) is 13.2 Å². The van der Waals surface area contributed by atoms with E-state index in [0.29, 0.717) is 25.3 Å². The highest BCUT2D eigenvalue weighted by Crippen LogP contribution is 2.34. The average Bonchev–Trinajstić information content (AvgIpc) is 2.93. The van der Waals surface area contributed by atoms with Crippen LogP contribution in [0.25, 0.3) is 0 Å². The van der Waals surface area contributed by atoms with Crippen LogP contribution in [0.5, 0.6) is 5.75 Å². The number of ether oxygens (including phenoxy) is 1. The third kappa shape index (κ3) is 5.76. The number of piperazine rings is 1. The van der Waals surface area contributed by atoms with Crippen LogP contribution in [0.1, 0.15) is 17.5 Å². The number of para-hydroxylation sites is 1. The van der Waals surface area contributed by atoms with Crippen molar-refractivity contribution in [1.29, 1.82) is 0 Å². The number of rotatable bonds is 7. The summed E-state index contributed by atoms with van der Waals surface area (Å²) in [6.45, 7) is 4.01. The summed E-state index contributed by atoms with van der Waals surface area (Å²) < 4.78 is 33.9. The maximum Gasteiger partial charge on any atom is 0.264 e. The van der Waals surface area contributed by atoms with Crippen LogP contribution in [0.4, 0.5) is 5.69 Å². The first-order chi connectivity index (χ1) is 17.9. The zero-order chi connectivity index (χ0) is 25.8. The average molecular weight is 540 g/mol. The van der Waals surface area contributed by atoms with Crippen molar-refractivity contribution in [1.82, 2.24) is 9.80 Å². The molecule has 3 aromatic carbocycles. The minimum absolute atomic E-state index is 0.0995. The number of carbonyl (C=O) groups is 1. The summed E-state index contributed by atoms with van der Waals surface area (Å²) in [5.41, 5.74) is 2.98. The van der Waals surface area contributed by atoms with Crippen LogP contribution in [-0.2, 0) is 27.8 Å². The molecule has 0 aromatic heterocycles. The number of carbonyl (C=O) groups excluding carboxylic acids is 1. The Morgan fingerprint density at radius 3 is 2.38 bits per heavy atom. The van der Waals surface area contributed by atoms with E-state index < -0.39 is 10.0 Å². The van der Waals surface area contributed by atoms with Crippen LogP contribution in [0, 0.1) is 0 Å². The number of halogens is 1. The van der Waals surface area contributed by atoms with Crippen molar-refractivity contribution in [3.8, 4) is 5.75 Å². The summed E-state index contributed by atoms with van der Waals surface area (Å²) in [5.74, 6) is 0.174. The van der Waals surface area contributed by atoms with Gasteiger partial charge in [-0.3, -0.25) is 14.0 Å². The van der Waals surface area contributed by atoms with E-state index in [1.54, 1.807) is 4.90 Å². The molecule has 3 aromatic rings. The topological polar surface area (TPSA) is 70.2 Å². The third-order valence-electron chi connectivity index (χ3n) is 6.88. The second-order valence-corrected chi connectivity index (χ2v) is 11.6. The van der Waals surface area contributed by atoms with Gasteiger partial charge in [0.25, 0.3) is 15.9 Å². The fraction of sp³-hybridized carbons (Fsp3) is 0.321. The molecule has 1 fully saturated rings. The highest BCUT2D eigenvalue weighted by molar-refractivity contribution is 7.92. The Morgan fingerprint density at radius 2 is 1.62 bits per heavy atom. The molecule has 0 atom stereocenters. The lowest BCUT2D eigenvalue weighted by Crippen LogP contribution is -2.49. The van der Waals surface area contributed by atoms with Crippen molar-refractivity contribution in [2.45, 2.75) is 24.3 Å². The standard InChI is InChI=1S/C28H30ClN3O4S/c29-25-19-24(37(34,35)32-14-6-10-23-9-4-5-11-26(23)32)12-13-27(25)36-21-28(33)31-17-15-30(16-18-31)20-22-7-2-1-3-8-22/h1-5,7-9,11-13,19H,6,10,14-18,20-21H2. The van der Waals surface area contributed by atoms with Gasteiger partial charge in [0.2, 0.25) is 0 Å². The first-order valence-electron chi connectivity index (χ1n) is 12.5. The number of sulfonamides is 1. The number of aryl methyl sites for hydroxylation is 1. The monoisotopic (exact) mass is 539 g/mol. The lowest BCUT2D eigenvalue weighted by Gasteiger charge is -2.34. The van der Waals surface area contributed by atoms with E-state index in [0.717, 1.165) is 38.0 Å². The minimum atomic E-state index is -3.78. The zero-order valence-corrected chi connectivity index (χ0v) is 22.1. The molecule has 5 rings (SSSR count). The number of hydrogen-bond donors (Lipinski definition) is 0. The van der Waals surface area contributed by atoms with Crippen LogP contribution in [0.2, 0.25) is 5.02 Å². The van der Waals surface area contributed by atoms with E-state index in [1.807, 2.05) is 42.5 Å². The molecule has 7 nitrogen and oxygen atoms in total. The largest absolute Gasteiger partial charge is 0.482 e. The molecule has 2 heterocycles. The molecular weight excluding hydrogens is 510 g/mol. The quantitative estimate of drug-likeness (QED) is 0.450. The molecule has 0 radical (unpaired) electrons. The maximum absolute atomic E-state index is 13.4.